The Kier molecular flexibility index (Phi) is 2.83. The van der Waals surface area contributed by atoms with E-state index in [0.717, 1.165) is 21.1 Å². The molecule has 19 heavy (non-hydrogen) atoms. The van der Waals surface area contributed by atoms with Gasteiger partial charge >= 0.3 is 0 Å². The molecule has 2 aromatic carbocycles. The third kappa shape index (κ3) is 2.02. The second-order valence-corrected chi connectivity index (χ2v) is 4.99. The number of halogens is 1. The Hall–Kier alpha value is -2.14. The molecule has 0 aliphatic carbocycles. The number of nitrogens with zero attached hydrogens (tertiary/aromatic N) is 2. The zero-order chi connectivity index (χ0) is 13.4. The second kappa shape index (κ2) is 4.51. The van der Waals surface area contributed by atoms with Crippen molar-refractivity contribution >= 4 is 32.5 Å². The molecule has 0 aliphatic heterocycles. The van der Waals surface area contributed by atoms with E-state index in [2.05, 4.69) is 15.9 Å². The van der Waals surface area contributed by atoms with E-state index >= 15 is 0 Å². The SMILES string of the molecule is O=[N+]([O-])c1ccc2c(ccn2-c2ccccc2Br)c1. The highest BCUT2D eigenvalue weighted by Gasteiger charge is 2.10. The molecule has 3 rings (SSSR count). The molecule has 94 valence electrons. The van der Waals surface area contributed by atoms with Gasteiger partial charge in [-0.25, -0.2) is 0 Å². The van der Waals surface area contributed by atoms with Gasteiger partial charge in [0.15, 0.2) is 0 Å². The molecular weight excluding hydrogens is 308 g/mol. The molecule has 5 heteroatoms. The molecule has 0 bridgehead atoms. The maximum absolute atomic E-state index is 10.8. The first kappa shape index (κ1) is 11.9. The van der Waals surface area contributed by atoms with Crippen LogP contribution in [0.1, 0.15) is 0 Å². The van der Waals surface area contributed by atoms with Crippen molar-refractivity contribution in [3.05, 3.63) is 69.3 Å². The summed E-state index contributed by atoms with van der Waals surface area (Å²) in [6, 6.07) is 14.6. The van der Waals surface area contributed by atoms with E-state index in [-0.39, 0.29) is 10.6 Å². The van der Waals surface area contributed by atoms with Crippen molar-refractivity contribution in [1.82, 2.24) is 4.57 Å². The summed E-state index contributed by atoms with van der Waals surface area (Å²) in [5, 5.41) is 11.6. The highest BCUT2D eigenvalue weighted by atomic mass is 79.9. The fourth-order valence-corrected chi connectivity index (χ4v) is 2.58. The van der Waals surface area contributed by atoms with E-state index in [1.807, 2.05) is 41.1 Å². The van der Waals surface area contributed by atoms with Gasteiger partial charge in [0.1, 0.15) is 0 Å². The van der Waals surface area contributed by atoms with Gasteiger partial charge < -0.3 is 4.57 Å². The molecule has 1 aromatic heterocycles. The largest absolute Gasteiger partial charge is 0.315 e. The van der Waals surface area contributed by atoms with Crippen molar-refractivity contribution in [3.8, 4) is 5.69 Å². The first-order chi connectivity index (χ1) is 9.16. The highest BCUT2D eigenvalue weighted by molar-refractivity contribution is 9.10. The summed E-state index contributed by atoms with van der Waals surface area (Å²) >= 11 is 3.51. The van der Waals surface area contributed by atoms with Crippen molar-refractivity contribution in [1.29, 1.82) is 0 Å². The molecule has 0 radical (unpaired) electrons. The lowest BCUT2D eigenvalue weighted by atomic mass is 10.2. The summed E-state index contributed by atoms with van der Waals surface area (Å²) in [6.45, 7) is 0. The minimum absolute atomic E-state index is 0.109. The number of para-hydroxylation sites is 1. The number of benzene rings is 2. The lowest BCUT2D eigenvalue weighted by Gasteiger charge is -2.07. The van der Waals surface area contributed by atoms with E-state index < -0.39 is 0 Å². The molecule has 3 aromatic rings. The standard InChI is InChI=1S/C14H9BrN2O2/c15-12-3-1-2-4-14(12)16-8-7-10-9-11(17(18)19)5-6-13(10)16/h1-9H. The number of non-ortho nitro benzene ring substituents is 1. The molecule has 0 fully saturated rings. The lowest BCUT2D eigenvalue weighted by molar-refractivity contribution is -0.384. The monoisotopic (exact) mass is 316 g/mol. The molecule has 4 nitrogen and oxygen atoms in total. The Labute approximate surface area is 117 Å². The van der Waals surface area contributed by atoms with Crippen LogP contribution in [0.3, 0.4) is 0 Å². The quantitative estimate of drug-likeness (QED) is 0.522. The predicted molar refractivity (Wildman–Crippen MR) is 77.6 cm³/mol. The average Bonchev–Trinajstić information content (AvgIpc) is 2.82. The summed E-state index contributed by atoms with van der Waals surface area (Å²) in [4.78, 5) is 10.4. The van der Waals surface area contributed by atoms with Crippen LogP contribution in [0.25, 0.3) is 16.6 Å². The predicted octanol–water partition coefficient (Wildman–Crippen LogP) is 4.30. The molecule has 0 aliphatic rings. The summed E-state index contributed by atoms with van der Waals surface area (Å²) < 4.78 is 2.98. The smallest absolute Gasteiger partial charge is 0.270 e. The van der Waals surface area contributed by atoms with Crippen LogP contribution < -0.4 is 0 Å². The summed E-state index contributed by atoms with van der Waals surface area (Å²) in [5.41, 5.74) is 2.06. The van der Waals surface area contributed by atoms with Crippen LogP contribution in [0.2, 0.25) is 0 Å². The summed E-state index contributed by atoms with van der Waals surface area (Å²) in [6.07, 6.45) is 1.91. The van der Waals surface area contributed by atoms with Crippen LogP contribution >= 0.6 is 15.9 Å². The van der Waals surface area contributed by atoms with Crippen molar-refractivity contribution < 1.29 is 4.92 Å². The van der Waals surface area contributed by atoms with Gasteiger partial charge in [0, 0.05) is 28.2 Å². The molecule has 0 spiro atoms. The zero-order valence-corrected chi connectivity index (χ0v) is 11.4. The molecule has 0 N–H and O–H groups in total. The fraction of sp³-hybridized carbons (Fsp3) is 0. The van der Waals surface area contributed by atoms with Crippen LogP contribution in [0.15, 0.2) is 59.2 Å². The summed E-state index contributed by atoms with van der Waals surface area (Å²) in [7, 11) is 0. The van der Waals surface area contributed by atoms with Crippen LogP contribution in [-0.2, 0) is 0 Å². The van der Waals surface area contributed by atoms with Crippen LogP contribution in [0.4, 0.5) is 5.69 Å². The van der Waals surface area contributed by atoms with Gasteiger partial charge in [0.25, 0.3) is 5.69 Å². The van der Waals surface area contributed by atoms with E-state index in [0.29, 0.717) is 0 Å². The molecular formula is C14H9BrN2O2. The van der Waals surface area contributed by atoms with Crippen LogP contribution in [0, 0.1) is 10.1 Å². The Balaban J connectivity index is 2.22. The molecule has 0 saturated heterocycles. The Morgan fingerprint density at radius 2 is 1.89 bits per heavy atom. The lowest BCUT2D eigenvalue weighted by Crippen LogP contribution is -1.93. The average molecular weight is 317 g/mol. The van der Waals surface area contributed by atoms with Gasteiger partial charge in [-0.1, -0.05) is 12.1 Å². The van der Waals surface area contributed by atoms with Crippen LogP contribution in [-0.4, -0.2) is 9.49 Å². The van der Waals surface area contributed by atoms with Gasteiger partial charge in [-0.15, -0.1) is 0 Å². The molecule has 0 atom stereocenters. The first-order valence-corrected chi connectivity index (χ1v) is 6.46. The normalized spacial score (nSPS) is 10.8. The van der Waals surface area contributed by atoms with E-state index in [4.69, 9.17) is 0 Å². The third-order valence-corrected chi connectivity index (χ3v) is 3.67. The minimum atomic E-state index is -0.380. The molecule has 0 saturated carbocycles. The van der Waals surface area contributed by atoms with Gasteiger partial charge in [0.05, 0.1) is 16.1 Å². The zero-order valence-electron chi connectivity index (χ0n) is 9.79. The Morgan fingerprint density at radius 1 is 1.11 bits per heavy atom. The number of nitro groups is 1. The molecule has 1 heterocycles. The Morgan fingerprint density at radius 3 is 2.63 bits per heavy atom. The van der Waals surface area contributed by atoms with Gasteiger partial charge in [-0.05, 0) is 40.2 Å². The van der Waals surface area contributed by atoms with Gasteiger partial charge in [0.2, 0.25) is 0 Å². The number of hydrogen-bond donors (Lipinski definition) is 0. The number of rotatable bonds is 2. The van der Waals surface area contributed by atoms with Gasteiger partial charge in [-0.2, -0.15) is 0 Å². The third-order valence-electron chi connectivity index (χ3n) is 3.00. The maximum atomic E-state index is 10.8. The number of aromatic nitrogens is 1. The van der Waals surface area contributed by atoms with Gasteiger partial charge in [-0.3, -0.25) is 10.1 Å². The molecule has 0 unspecified atom stereocenters. The topological polar surface area (TPSA) is 48.1 Å². The highest BCUT2D eigenvalue weighted by Crippen LogP contribution is 2.28. The van der Waals surface area contributed by atoms with E-state index in [1.54, 1.807) is 12.1 Å². The van der Waals surface area contributed by atoms with Crippen LogP contribution in [0.5, 0.6) is 0 Å². The second-order valence-electron chi connectivity index (χ2n) is 4.14. The maximum Gasteiger partial charge on any atom is 0.270 e. The van der Waals surface area contributed by atoms with E-state index in [1.165, 1.54) is 6.07 Å². The van der Waals surface area contributed by atoms with Crippen molar-refractivity contribution in [2.45, 2.75) is 0 Å². The Bertz CT molecular complexity index is 780. The fourth-order valence-electron chi connectivity index (χ4n) is 2.10. The van der Waals surface area contributed by atoms with Crippen molar-refractivity contribution in [3.63, 3.8) is 0 Å². The number of fused-ring (bicyclic) bond motifs is 1. The van der Waals surface area contributed by atoms with E-state index in [9.17, 15) is 10.1 Å². The number of hydrogen-bond acceptors (Lipinski definition) is 2. The van der Waals surface area contributed by atoms with Crippen molar-refractivity contribution in [2.24, 2.45) is 0 Å². The number of nitro benzene ring substituents is 1. The minimum Gasteiger partial charge on any atom is -0.315 e. The first-order valence-electron chi connectivity index (χ1n) is 5.67. The summed E-state index contributed by atoms with van der Waals surface area (Å²) in [5.74, 6) is 0. The van der Waals surface area contributed by atoms with Crippen molar-refractivity contribution in [2.75, 3.05) is 0 Å². The molecule has 0 amide bonds.